The average molecular weight is 408 g/mol. The zero-order valence-electron chi connectivity index (χ0n) is 15.3. The second-order valence-electron chi connectivity index (χ2n) is 7.67. The van der Waals surface area contributed by atoms with Gasteiger partial charge in [-0.2, -0.15) is 0 Å². The van der Waals surface area contributed by atoms with Crippen LogP contribution in [0.25, 0.3) is 0 Å². The van der Waals surface area contributed by atoms with E-state index in [4.69, 9.17) is 5.73 Å². The Balaban J connectivity index is 0.00000338. The number of rotatable bonds is 4. The van der Waals surface area contributed by atoms with Crippen LogP contribution >= 0.6 is 12.4 Å². The Morgan fingerprint density at radius 3 is 2.31 bits per heavy atom. The van der Waals surface area contributed by atoms with E-state index < -0.39 is 31.8 Å². The molecule has 1 amide bonds. The lowest BCUT2D eigenvalue weighted by atomic mass is 9.82. The van der Waals surface area contributed by atoms with E-state index in [0.29, 0.717) is 12.8 Å². The minimum Gasteiger partial charge on any atom is -0.324 e. The van der Waals surface area contributed by atoms with Gasteiger partial charge in [0.05, 0.1) is 5.54 Å². The van der Waals surface area contributed by atoms with Crippen molar-refractivity contribution in [1.29, 1.82) is 0 Å². The average Bonchev–Trinajstić information content (AvgIpc) is 2.47. The van der Waals surface area contributed by atoms with Gasteiger partial charge in [0, 0.05) is 11.2 Å². The Hall–Kier alpha value is -1.22. The number of nitrogens with one attached hydrogen (secondary N) is 2. The van der Waals surface area contributed by atoms with Crippen LogP contribution in [0.3, 0.4) is 0 Å². The van der Waals surface area contributed by atoms with Gasteiger partial charge in [0.25, 0.3) is 0 Å². The van der Waals surface area contributed by atoms with E-state index in [9.17, 15) is 17.6 Å². The molecule has 1 fully saturated rings. The molecule has 2 rings (SSSR count). The SMILES string of the molecule is CC(C)(C)NS(=O)(=O)c1cc(NC(=O)C2(N)CCCCC2)ccc1F.Cl. The first-order valence-electron chi connectivity index (χ1n) is 8.37. The predicted octanol–water partition coefficient (Wildman–Crippen LogP) is 2.92. The van der Waals surface area contributed by atoms with Crippen molar-refractivity contribution in [2.75, 3.05) is 5.32 Å². The van der Waals surface area contributed by atoms with Gasteiger partial charge in [-0.1, -0.05) is 19.3 Å². The molecular formula is C17H27ClFN3O3S. The molecule has 1 aliphatic carbocycles. The Bertz CT molecular complexity index is 757. The zero-order valence-corrected chi connectivity index (χ0v) is 16.9. The van der Waals surface area contributed by atoms with Crippen LogP contribution in [-0.4, -0.2) is 25.4 Å². The summed E-state index contributed by atoms with van der Waals surface area (Å²) in [5.74, 6) is -1.25. The molecule has 0 saturated heterocycles. The van der Waals surface area contributed by atoms with Gasteiger partial charge in [-0.3, -0.25) is 4.79 Å². The van der Waals surface area contributed by atoms with E-state index in [2.05, 4.69) is 10.0 Å². The lowest BCUT2D eigenvalue weighted by Crippen LogP contribution is -2.52. The van der Waals surface area contributed by atoms with Gasteiger partial charge in [-0.15, -0.1) is 12.4 Å². The van der Waals surface area contributed by atoms with Crippen molar-refractivity contribution in [1.82, 2.24) is 4.72 Å². The van der Waals surface area contributed by atoms with Crippen molar-refractivity contribution < 1.29 is 17.6 Å². The highest BCUT2D eigenvalue weighted by molar-refractivity contribution is 7.89. The molecule has 0 atom stereocenters. The van der Waals surface area contributed by atoms with Crippen molar-refractivity contribution in [2.24, 2.45) is 5.73 Å². The van der Waals surface area contributed by atoms with Gasteiger partial charge < -0.3 is 11.1 Å². The summed E-state index contributed by atoms with van der Waals surface area (Å²) in [4.78, 5) is 12.0. The third kappa shape index (κ3) is 5.64. The Morgan fingerprint density at radius 1 is 1.19 bits per heavy atom. The molecule has 1 saturated carbocycles. The summed E-state index contributed by atoms with van der Waals surface area (Å²) in [6.07, 6.45) is 3.96. The van der Waals surface area contributed by atoms with E-state index in [0.717, 1.165) is 31.4 Å². The molecule has 0 spiro atoms. The van der Waals surface area contributed by atoms with Gasteiger partial charge in [0.15, 0.2) is 0 Å². The first-order valence-corrected chi connectivity index (χ1v) is 9.85. The molecule has 1 aromatic carbocycles. The number of carbonyl (C=O) groups is 1. The van der Waals surface area contributed by atoms with Crippen LogP contribution in [0.1, 0.15) is 52.9 Å². The van der Waals surface area contributed by atoms with Gasteiger partial charge in [-0.25, -0.2) is 17.5 Å². The highest BCUT2D eigenvalue weighted by Crippen LogP contribution is 2.28. The maximum Gasteiger partial charge on any atom is 0.244 e. The summed E-state index contributed by atoms with van der Waals surface area (Å²) >= 11 is 0. The van der Waals surface area contributed by atoms with E-state index in [1.54, 1.807) is 20.8 Å². The van der Waals surface area contributed by atoms with Crippen molar-refractivity contribution in [3.63, 3.8) is 0 Å². The van der Waals surface area contributed by atoms with Crippen molar-refractivity contribution in [3.8, 4) is 0 Å². The summed E-state index contributed by atoms with van der Waals surface area (Å²) < 4.78 is 41.2. The zero-order chi connectivity index (χ0) is 18.9. The smallest absolute Gasteiger partial charge is 0.244 e. The van der Waals surface area contributed by atoms with Crippen molar-refractivity contribution in [2.45, 2.75) is 68.8 Å². The summed E-state index contributed by atoms with van der Waals surface area (Å²) in [7, 11) is -4.05. The van der Waals surface area contributed by atoms with Gasteiger partial charge in [-0.05, 0) is 51.8 Å². The second kappa shape index (κ2) is 8.21. The fraction of sp³-hybridized carbons (Fsp3) is 0.588. The van der Waals surface area contributed by atoms with E-state index in [1.165, 1.54) is 6.07 Å². The topological polar surface area (TPSA) is 101 Å². The number of halogens is 2. The predicted molar refractivity (Wildman–Crippen MR) is 102 cm³/mol. The summed E-state index contributed by atoms with van der Waals surface area (Å²) in [6.45, 7) is 4.99. The molecule has 0 unspecified atom stereocenters. The maximum absolute atomic E-state index is 14.1. The number of nitrogens with two attached hydrogens (primary N) is 1. The van der Waals surface area contributed by atoms with Gasteiger partial charge >= 0.3 is 0 Å². The lowest BCUT2D eigenvalue weighted by molar-refractivity contribution is -0.122. The number of benzene rings is 1. The maximum atomic E-state index is 14.1. The lowest BCUT2D eigenvalue weighted by Gasteiger charge is -2.31. The molecule has 9 heteroatoms. The molecule has 26 heavy (non-hydrogen) atoms. The first kappa shape index (κ1) is 22.8. The Labute approximate surface area is 160 Å². The van der Waals surface area contributed by atoms with Crippen molar-refractivity contribution >= 4 is 34.0 Å². The minimum atomic E-state index is -4.05. The third-order valence-corrected chi connectivity index (χ3v) is 5.89. The molecule has 4 N–H and O–H groups in total. The molecule has 1 aliphatic rings. The molecule has 6 nitrogen and oxygen atoms in total. The molecule has 0 bridgehead atoms. The Morgan fingerprint density at radius 2 is 1.77 bits per heavy atom. The van der Waals surface area contributed by atoms with Gasteiger partial charge in [0.2, 0.25) is 15.9 Å². The molecular weight excluding hydrogens is 381 g/mol. The highest BCUT2D eigenvalue weighted by Gasteiger charge is 2.35. The highest BCUT2D eigenvalue weighted by atomic mass is 35.5. The van der Waals surface area contributed by atoms with Crippen LogP contribution in [0, 0.1) is 5.82 Å². The molecule has 0 aliphatic heterocycles. The number of carbonyl (C=O) groups excluding carboxylic acids is 1. The number of hydrogen-bond donors (Lipinski definition) is 3. The number of hydrogen-bond acceptors (Lipinski definition) is 4. The fourth-order valence-electron chi connectivity index (χ4n) is 2.91. The normalized spacial score (nSPS) is 17.3. The Kier molecular flexibility index (Phi) is 7.20. The molecule has 0 aromatic heterocycles. The third-order valence-electron chi connectivity index (χ3n) is 4.12. The number of sulfonamides is 1. The van der Waals surface area contributed by atoms with Crippen LogP contribution in [0.2, 0.25) is 0 Å². The quantitative estimate of drug-likeness (QED) is 0.714. The van der Waals surface area contributed by atoms with Crippen LogP contribution in [0.5, 0.6) is 0 Å². The largest absolute Gasteiger partial charge is 0.324 e. The standard InChI is InChI=1S/C17H26FN3O3S.ClH/c1-16(2,3)21-25(23,24)14-11-12(7-8-13(14)18)20-15(22)17(19)9-5-4-6-10-17;/h7-8,11,21H,4-6,9-10,19H2,1-3H3,(H,20,22);1H. The van der Waals surface area contributed by atoms with Gasteiger partial charge in [0.1, 0.15) is 10.7 Å². The van der Waals surface area contributed by atoms with Crippen LogP contribution in [0.4, 0.5) is 10.1 Å². The van der Waals surface area contributed by atoms with E-state index >= 15 is 0 Å². The summed E-state index contributed by atoms with van der Waals surface area (Å²) in [5, 5.41) is 2.63. The van der Waals surface area contributed by atoms with E-state index in [-0.39, 0.29) is 24.0 Å². The summed E-state index contributed by atoms with van der Waals surface area (Å²) in [6, 6.07) is 3.47. The van der Waals surface area contributed by atoms with Crippen molar-refractivity contribution in [3.05, 3.63) is 24.0 Å². The molecule has 148 valence electrons. The summed E-state index contributed by atoms with van der Waals surface area (Å²) in [5.41, 5.74) is 4.66. The molecule has 1 aromatic rings. The van der Waals surface area contributed by atoms with E-state index in [1.807, 2.05) is 0 Å². The van der Waals surface area contributed by atoms with Crippen LogP contribution in [-0.2, 0) is 14.8 Å². The van der Waals surface area contributed by atoms with Crippen LogP contribution < -0.4 is 15.8 Å². The minimum absolute atomic E-state index is 0. The monoisotopic (exact) mass is 407 g/mol. The molecule has 0 heterocycles. The number of amides is 1. The molecule has 0 radical (unpaired) electrons. The second-order valence-corrected chi connectivity index (χ2v) is 9.32. The first-order chi connectivity index (χ1) is 11.4. The fourth-order valence-corrected chi connectivity index (χ4v) is 4.43. The number of anilines is 1. The van der Waals surface area contributed by atoms with Crippen LogP contribution in [0.15, 0.2) is 23.1 Å².